The molecule has 120 valence electrons. The van der Waals surface area contributed by atoms with Crippen molar-refractivity contribution in [1.29, 1.82) is 0 Å². The molecule has 8 heteroatoms. The van der Waals surface area contributed by atoms with E-state index in [-0.39, 0.29) is 25.3 Å². The summed E-state index contributed by atoms with van der Waals surface area (Å²) in [6.07, 6.45) is 0.645. The minimum atomic E-state index is -0.954. The van der Waals surface area contributed by atoms with E-state index in [0.717, 1.165) is 0 Å². The molecule has 21 heavy (non-hydrogen) atoms. The van der Waals surface area contributed by atoms with Crippen LogP contribution in [-0.4, -0.2) is 66.8 Å². The number of nitrogens with zero attached hydrogens (tertiary/aromatic N) is 1. The molecule has 0 aromatic heterocycles. The Balaban J connectivity index is 2.20. The molecule has 0 saturated carbocycles. The minimum absolute atomic E-state index is 0.0174. The fraction of sp³-hybridized carbons (Fsp3) is 0.769. The zero-order chi connectivity index (χ0) is 15.7. The highest BCUT2D eigenvalue weighted by Gasteiger charge is 2.17. The van der Waals surface area contributed by atoms with Gasteiger partial charge in [-0.2, -0.15) is 0 Å². The van der Waals surface area contributed by atoms with Gasteiger partial charge in [0.05, 0.1) is 19.6 Å². The van der Waals surface area contributed by atoms with Gasteiger partial charge in [-0.25, -0.2) is 4.79 Å². The lowest BCUT2D eigenvalue weighted by molar-refractivity contribution is -0.137. The van der Waals surface area contributed by atoms with Gasteiger partial charge in [0.1, 0.15) is 0 Å². The molecule has 0 aromatic rings. The second kappa shape index (κ2) is 9.17. The maximum absolute atomic E-state index is 11.8. The Labute approximate surface area is 123 Å². The van der Waals surface area contributed by atoms with Crippen LogP contribution in [0.5, 0.6) is 0 Å². The molecule has 1 aliphatic rings. The van der Waals surface area contributed by atoms with Crippen LogP contribution in [0, 0.1) is 0 Å². The molecule has 0 radical (unpaired) electrons. The summed E-state index contributed by atoms with van der Waals surface area (Å²) in [5.74, 6) is -0.971. The van der Waals surface area contributed by atoms with E-state index >= 15 is 0 Å². The van der Waals surface area contributed by atoms with E-state index in [9.17, 15) is 14.4 Å². The number of carboxylic acid groups (broad SMARTS) is 1. The van der Waals surface area contributed by atoms with Crippen LogP contribution >= 0.6 is 0 Å². The highest BCUT2D eigenvalue weighted by molar-refractivity contribution is 5.78. The molecule has 0 bridgehead atoms. The molecule has 1 rings (SSSR count). The quantitative estimate of drug-likeness (QED) is 0.603. The van der Waals surface area contributed by atoms with E-state index in [2.05, 4.69) is 10.6 Å². The summed E-state index contributed by atoms with van der Waals surface area (Å²) < 4.78 is 5.16. The number of hydrogen-bond donors (Lipinski definition) is 3. The number of rotatable bonds is 7. The standard InChI is InChI=1S/C13H23N3O5/c1-2-10(9-12(18)19)15-13(20)14-4-3-11(17)16-5-7-21-8-6-16/h10H,2-9H2,1H3,(H,18,19)(H2,14,15,20). The Hall–Kier alpha value is -1.83. The number of morpholine rings is 1. The van der Waals surface area contributed by atoms with E-state index < -0.39 is 18.0 Å². The summed E-state index contributed by atoms with van der Waals surface area (Å²) in [4.78, 5) is 35.7. The first-order valence-corrected chi connectivity index (χ1v) is 7.14. The summed E-state index contributed by atoms with van der Waals surface area (Å²) in [6.45, 7) is 4.30. The zero-order valence-electron chi connectivity index (χ0n) is 12.3. The Morgan fingerprint density at radius 2 is 1.95 bits per heavy atom. The zero-order valence-corrected chi connectivity index (χ0v) is 12.3. The number of urea groups is 1. The van der Waals surface area contributed by atoms with E-state index in [1.165, 1.54) is 0 Å². The molecule has 1 unspecified atom stereocenters. The van der Waals surface area contributed by atoms with Crippen molar-refractivity contribution in [2.45, 2.75) is 32.2 Å². The van der Waals surface area contributed by atoms with Crippen molar-refractivity contribution in [2.24, 2.45) is 0 Å². The molecule has 3 amide bonds. The number of aliphatic carboxylic acids is 1. The van der Waals surface area contributed by atoms with E-state index in [4.69, 9.17) is 9.84 Å². The second-order valence-corrected chi connectivity index (χ2v) is 4.85. The molecule has 1 heterocycles. The topological polar surface area (TPSA) is 108 Å². The van der Waals surface area contributed by atoms with Gasteiger partial charge in [-0.15, -0.1) is 0 Å². The molecule has 1 fully saturated rings. The number of nitrogens with one attached hydrogen (secondary N) is 2. The number of ether oxygens (including phenoxy) is 1. The van der Waals surface area contributed by atoms with Gasteiger partial charge in [0.2, 0.25) is 5.91 Å². The fourth-order valence-corrected chi connectivity index (χ4v) is 2.00. The third-order valence-electron chi connectivity index (χ3n) is 3.24. The van der Waals surface area contributed by atoms with Crippen LogP contribution in [0.2, 0.25) is 0 Å². The van der Waals surface area contributed by atoms with Gasteiger partial charge in [0.15, 0.2) is 0 Å². The van der Waals surface area contributed by atoms with Crippen molar-refractivity contribution in [3.63, 3.8) is 0 Å². The third kappa shape index (κ3) is 6.94. The smallest absolute Gasteiger partial charge is 0.315 e. The summed E-state index contributed by atoms with van der Waals surface area (Å²) in [7, 11) is 0. The Bertz CT molecular complexity index is 369. The monoisotopic (exact) mass is 301 g/mol. The van der Waals surface area contributed by atoms with Crippen molar-refractivity contribution < 1.29 is 24.2 Å². The second-order valence-electron chi connectivity index (χ2n) is 4.85. The van der Waals surface area contributed by atoms with Crippen molar-refractivity contribution in [3.8, 4) is 0 Å². The number of hydrogen-bond acceptors (Lipinski definition) is 4. The molecule has 0 aliphatic carbocycles. The van der Waals surface area contributed by atoms with E-state index in [0.29, 0.717) is 32.7 Å². The maximum Gasteiger partial charge on any atom is 0.315 e. The molecular formula is C13H23N3O5. The van der Waals surface area contributed by atoms with Gasteiger partial charge in [-0.1, -0.05) is 6.92 Å². The van der Waals surface area contributed by atoms with Gasteiger partial charge >= 0.3 is 12.0 Å². The number of carbonyl (C=O) groups excluding carboxylic acids is 2. The highest BCUT2D eigenvalue weighted by atomic mass is 16.5. The first-order valence-electron chi connectivity index (χ1n) is 7.14. The summed E-state index contributed by atoms with van der Waals surface area (Å²) in [6, 6.07) is -0.852. The predicted molar refractivity (Wildman–Crippen MR) is 74.9 cm³/mol. The minimum Gasteiger partial charge on any atom is -0.481 e. The lowest BCUT2D eigenvalue weighted by Crippen LogP contribution is -2.45. The fourth-order valence-electron chi connectivity index (χ4n) is 2.00. The molecule has 0 spiro atoms. The van der Waals surface area contributed by atoms with Crippen LogP contribution in [0.3, 0.4) is 0 Å². The normalized spacial score (nSPS) is 16.1. The average Bonchev–Trinajstić information content (AvgIpc) is 2.46. The Morgan fingerprint density at radius 1 is 1.29 bits per heavy atom. The number of carbonyl (C=O) groups is 3. The van der Waals surface area contributed by atoms with Gasteiger partial charge in [0, 0.05) is 32.1 Å². The molecule has 0 aromatic carbocycles. The van der Waals surface area contributed by atoms with Gasteiger partial charge in [-0.05, 0) is 6.42 Å². The van der Waals surface area contributed by atoms with Gasteiger partial charge in [0.25, 0.3) is 0 Å². The van der Waals surface area contributed by atoms with Crippen molar-refractivity contribution in [2.75, 3.05) is 32.8 Å². The molecule has 8 nitrogen and oxygen atoms in total. The lowest BCUT2D eigenvalue weighted by atomic mass is 10.1. The van der Waals surface area contributed by atoms with Crippen molar-refractivity contribution >= 4 is 17.9 Å². The molecule has 3 N–H and O–H groups in total. The van der Waals surface area contributed by atoms with Crippen LogP contribution in [0.15, 0.2) is 0 Å². The summed E-state index contributed by atoms with van der Waals surface area (Å²) in [5.41, 5.74) is 0. The highest BCUT2D eigenvalue weighted by Crippen LogP contribution is 2.00. The van der Waals surface area contributed by atoms with Crippen LogP contribution in [0.4, 0.5) is 4.79 Å². The molecule has 1 aliphatic heterocycles. The lowest BCUT2D eigenvalue weighted by Gasteiger charge is -2.26. The van der Waals surface area contributed by atoms with Gasteiger partial charge < -0.3 is 25.4 Å². The SMILES string of the molecule is CCC(CC(=O)O)NC(=O)NCCC(=O)N1CCOCC1. The molecule has 1 atom stereocenters. The number of amides is 3. The summed E-state index contributed by atoms with van der Waals surface area (Å²) >= 11 is 0. The molecule has 1 saturated heterocycles. The van der Waals surface area contributed by atoms with Crippen LogP contribution in [-0.2, 0) is 14.3 Å². The van der Waals surface area contributed by atoms with Crippen molar-refractivity contribution in [3.05, 3.63) is 0 Å². The Morgan fingerprint density at radius 3 is 2.52 bits per heavy atom. The van der Waals surface area contributed by atoms with Crippen molar-refractivity contribution in [1.82, 2.24) is 15.5 Å². The summed E-state index contributed by atoms with van der Waals surface area (Å²) in [5, 5.41) is 13.8. The molecular weight excluding hydrogens is 278 g/mol. The maximum atomic E-state index is 11.8. The van der Waals surface area contributed by atoms with Crippen LogP contribution in [0.25, 0.3) is 0 Å². The van der Waals surface area contributed by atoms with Crippen LogP contribution < -0.4 is 10.6 Å². The first kappa shape index (κ1) is 17.2. The third-order valence-corrected chi connectivity index (χ3v) is 3.24. The van der Waals surface area contributed by atoms with Crippen LogP contribution in [0.1, 0.15) is 26.2 Å². The largest absolute Gasteiger partial charge is 0.481 e. The average molecular weight is 301 g/mol. The van der Waals surface area contributed by atoms with E-state index in [1.807, 2.05) is 0 Å². The number of carboxylic acids is 1. The first-order chi connectivity index (χ1) is 10.0. The van der Waals surface area contributed by atoms with Gasteiger partial charge in [-0.3, -0.25) is 9.59 Å². The van der Waals surface area contributed by atoms with E-state index in [1.54, 1.807) is 11.8 Å². The Kier molecular flexibility index (Phi) is 7.52. The predicted octanol–water partition coefficient (Wildman–Crippen LogP) is -0.212.